The Balaban J connectivity index is 1.72. The summed E-state index contributed by atoms with van der Waals surface area (Å²) in [7, 11) is -3.62. The molecule has 0 aliphatic heterocycles. The Morgan fingerprint density at radius 3 is 2.73 bits per heavy atom. The molecular formula is C14H16N2O4S2. The number of fused-ring (bicyclic) bond motifs is 1. The van der Waals surface area contributed by atoms with Crippen molar-refractivity contribution in [1.29, 1.82) is 0 Å². The number of carboxylic acid groups (broad SMARTS) is 1. The van der Waals surface area contributed by atoms with E-state index < -0.39 is 16.0 Å². The van der Waals surface area contributed by atoms with Crippen molar-refractivity contribution in [2.24, 2.45) is 5.92 Å². The molecule has 1 fully saturated rings. The summed E-state index contributed by atoms with van der Waals surface area (Å²) in [5, 5.41) is 10.8. The zero-order valence-electron chi connectivity index (χ0n) is 11.7. The Kier molecular flexibility index (Phi) is 4.16. The van der Waals surface area contributed by atoms with E-state index in [1.54, 1.807) is 6.07 Å². The molecule has 1 saturated carbocycles. The quantitative estimate of drug-likeness (QED) is 0.889. The molecule has 0 bridgehead atoms. The lowest BCUT2D eigenvalue weighted by atomic mass is 9.87. The fourth-order valence-corrected chi connectivity index (χ4v) is 4.85. The standard InChI is InChI=1S/C14H16N2O4S2/c17-14(18)9-1-3-10(4-2-9)16-22(19,20)11-7-13-12(15-8-11)5-6-21-13/h5-10,16H,1-4H2,(H,17,18). The molecule has 0 saturated heterocycles. The topological polar surface area (TPSA) is 96.4 Å². The van der Waals surface area contributed by atoms with Crippen molar-refractivity contribution in [3.05, 3.63) is 23.7 Å². The van der Waals surface area contributed by atoms with E-state index in [4.69, 9.17) is 5.11 Å². The third kappa shape index (κ3) is 3.13. The molecule has 118 valence electrons. The van der Waals surface area contributed by atoms with Crippen LogP contribution in [-0.2, 0) is 14.8 Å². The highest BCUT2D eigenvalue weighted by Gasteiger charge is 2.29. The van der Waals surface area contributed by atoms with E-state index in [0.29, 0.717) is 25.7 Å². The minimum atomic E-state index is -3.62. The molecule has 2 aromatic heterocycles. The van der Waals surface area contributed by atoms with E-state index in [1.165, 1.54) is 17.5 Å². The second-order valence-corrected chi connectivity index (χ2v) is 8.14. The minimum Gasteiger partial charge on any atom is -0.481 e. The molecule has 6 nitrogen and oxygen atoms in total. The maximum atomic E-state index is 12.4. The third-order valence-corrected chi connectivity index (χ3v) is 6.33. The van der Waals surface area contributed by atoms with Crippen molar-refractivity contribution >= 4 is 37.5 Å². The molecule has 1 aliphatic rings. The minimum absolute atomic E-state index is 0.155. The lowest BCUT2D eigenvalue weighted by Gasteiger charge is -2.26. The highest BCUT2D eigenvalue weighted by molar-refractivity contribution is 7.89. The van der Waals surface area contributed by atoms with Crippen molar-refractivity contribution in [1.82, 2.24) is 9.71 Å². The number of nitrogens with one attached hydrogen (secondary N) is 1. The Morgan fingerprint density at radius 2 is 2.05 bits per heavy atom. The van der Waals surface area contributed by atoms with Crippen molar-refractivity contribution in [3.63, 3.8) is 0 Å². The van der Waals surface area contributed by atoms with E-state index in [2.05, 4.69) is 9.71 Å². The molecule has 0 amide bonds. The number of pyridine rings is 1. The lowest BCUT2D eigenvalue weighted by Crippen LogP contribution is -2.38. The molecular weight excluding hydrogens is 324 g/mol. The van der Waals surface area contributed by atoms with Gasteiger partial charge in [-0.05, 0) is 43.2 Å². The van der Waals surface area contributed by atoms with Gasteiger partial charge in [-0.25, -0.2) is 13.1 Å². The van der Waals surface area contributed by atoms with Gasteiger partial charge < -0.3 is 5.11 Å². The normalized spacial score (nSPS) is 22.7. The number of aliphatic carboxylic acids is 1. The molecule has 0 spiro atoms. The molecule has 3 rings (SSSR count). The predicted octanol–water partition coefficient (Wildman–Crippen LogP) is 2.22. The van der Waals surface area contributed by atoms with E-state index in [1.807, 2.05) is 11.4 Å². The summed E-state index contributed by atoms with van der Waals surface area (Å²) < 4.78 is 28.3. The second-order valence-electron chi connectivity index (χ2n) is 5.48. The average Bonchev–Trinajstić information content (AvgIpc) is 2.94. The van der Waals surface area contributed by atoms with E-state index >= 15 is 0 Å². The molecule has 0 unspecified atom stereocenters. The summed E-state index contributed by atoms with van der Waals surface area (Å²) in [6, 6.07) is 3.26. The van der Waals surface area contributed by atoms with Gasteiger partial charge in [-0.15, -0.1) is 11.3 Å². The fraction of sp³-hybridized carbons (Fsp3) is 0.429. The SMILES string of the molecule is O=C(O)C1CCC(NS(=O)(=O)c2cnc3ccsc3c2)CC1. The molecule has 0 aromatic carbocycles. The number of rotatable bonds is 4. The first-order valence-electron chi connectivity index (χ1n) is 7.04. The van der Waals surface area contributed by atoms with Gasteiger partial charge in [-0.3, -0.25) is 9.78 Å². The largest absolute Gasteiger partial charge is 0.481 e. The molecule has 22 heavy (non-hydrogen) atoms. The van der Waals surface area contributed by atoms with Crippen LogP contribution in [0.25, 0.3) is 10.2 Å². The van der Waals surface area contributed by atoms with E-state index in [9.17, 15) is 13.2 Å². The van der Waals surface area contributed by atoms with Crippen LogP contribution in [0.15, 0.2) is 28.6 Å². The van der Waals surface area contributed by atoms with Crippen LogP contribution in [-0.4, -0.2) is 30.5 Å². The number of thiophene rings is 1. The zero-order valence-corrected chi connectivity index (χ0v) is 13.4. The van der Waals surface area contributed by atoms with Crippen LogP contribution in [0.1, 0.15) is 25.7 Å². The summed E-state index contributed by atoms with van der Waals surface area (Å²) >= 11 is 1.45. The first kappa shape index (κ1) is 15.4. The van der Waals surface area contributed by atoms with Gasteiger partial charge in [-0.2, -0.15) is 0 Å². The van der Waals surface area contributed by atoms with Crippen LogP contribution in [0.3, 0.4) is 0 Å². The van der Waals surface area contributed by atoms with Crippen LogP contribution in [0, 0.1) is 5.92 Å². The Labute approximate surface area is 132 Å². The van der Waals surface area contributed by atoms with Gasteiger partial charge in [-0.1, -0.05) is 0 Å². The smallest absolute Gasteiger partial charge is 0.306 e. The maximum Gasteiger partial charge on any atom is 0.306 e. The molecule has 2 aromatic rings. The molecule has 0 radical (unpaired) electrons. The van der Waals surface area contributed by atoms with Crippen LogP contribution in [0.5, 0.6) is 0 Å². The van der Waals surface area contributed by atoms with Crippen LogP contribution < -0.4 is 4.72 Å². The number of nitrogens with zero attached hydrogens (tertiary/aromatic N) is 1. The maximum absolute atomic E-state index is 12.4. The van der Waals surface area contributed by atoms with E-state index in [0.717, 1.165) is 10.2 Å². The lowest BCUT2D eigenvalue weighted by molar-refractivity contribution is -0.142. The van der Waals surface area contributed by atoms with E-state index in [-0.39, 0.29) is 16.9 Å². The fourth-order valence-electron chi connectivity index (χ4n) is 2.72. The number of aromatic nitrogens is 1. The Hall–Kier alpha value is -1.51. The summed E-state index contributed by atoms with van der Waals surface area (Å²) in [6.07, 6.45) is 3.46. The first-order chi connectivity index (χ1) is 10.5. The Bertz CT molecular complexity index is 792. The average molecular weight is 340 g/mol. The van der Waals surface area contributed by atoms with Gasteiger partial charge in [0.25, 0.3) is 0 Å². The van der Waals surface area contributed by atoms with Crippen LogP contribution in [0.4, 0.5) is 0 Å². The predicted molar refractivity (Wildman–Crippen MR) is 83.3 cm³/mol. The van der Waals surface area contributed by atoms with Crippen LogP contribution in [0.2, 0.25) is 0 Å². The van der Waals surface area contributed by atoms with Crippen molar-refractivity contribution in [2.75, 3.05) is 0 Å². The number of hydrogen-bond donors (Lipinski definition) is 2. The monoisotopic (exact) mass is 340 g/mol. The number of carboxylic acids is 1. The van der Waals surface area contributed by atoms with Gasteiger partial charge in [0, 0.05) is 12.2 Å². The number of hydrogen-bond acceptors (Lipinski definition) is 5. The second kappa shape index (κ2) is 5.94. The first-order valence-corrected chi connectivity index (χ1v) is 9.40. The summed E-state index contributed by atoms with van der Waals surface area (Å²) in [6.45, 7) is 0. The molecule has 1 aliphatic carbocycles. The van der Waals surface area contributed by atoms with Crippen molar-refractivity contribution in [3.8, 4) is 0 Å². The van der Waals surface area contributed by atoms with Crippen LogP contribution >= 0.6 is 11.3 Å². The summed E-state index contributed by atoms with van der Waals surface area (Å²) in [4.78, 5) is 15.2. The number of carbonyl (C=O) groups is 1. The summed E-state index contributed by atoms with van der Waals surface area (Å²) in [5.41, 5.74) is 0.783. The number of sulfonamides is 1. The molecule has 2 N–H and O–H groups in total. The van der Waals surface area contributed by atoms with Gasteiger partial charge in [0.1, 0.15) is 4.90 Å². The molecule has 0 atom stereocenters. The van der Waals surface area contributed by atoms with Gasteiger partial charge >= 0.3 is 5.97 Å². The van der Waals surface area contributed by atoms with Crippen molar-refractivity contribution in [2.45, 2.75) is 36.6 Å². The summed E-state index contributed by atoms with van der Waals surface area (Å²) in [5.74, 6) is -1.15. The van der Waals surface area contributed by atoms with Crippen molar-refractivity contribution < 1.29 is 18.3 Å². The molecule has 8 heteroatoms. The van der Waals surface area contributed by atoms with Gasteiger partial charge in [0.2, 0.25) is 10.0 Å². The van der Waals surface area contributed by atoms with Gasteiger partial charge in [0.05, 0.1) is 16.1 Å². The van der Waals surface area contributed by atoms with Gasteiger partial charge in [0.15, 0.2) is 0 Å². The Morgan fingerprint density at radius 1 is 1.32 bits per heavy atom. The highest BCUT2D eigenvalue weighted by atomic mass is 32.2. The zero-order chi connectivity index (χ0) is 15.7. The highest BCUT2D eigenvalue weighted by Crippen LogP contribution is 2.26. The molecule has 2 heterocycles. The third-order valence-electron chi connectivity index (χ3n) is 3.99.